The first-order valence-electron chi connectivity index (χ1n) is 4.42. The van der Waals surface area contributed by atoms with Crippen molar-refractivity contribution in [3.8, 4) is 5.75 Å². The number of phenols is 1. The number of carboxylic acid groups (broad SMARTS) is 1. The number of aromatic hydroxyl groups is 1. The fourth-order valence-corrected chi connectivity index (χ4v) is 1.24. The highest BCUT2D eigenvalue weighted by Crippen LogP contribution is 2.17. The van der Waals surface area contributed by atoms with Crippen molar-refractivity contribution in [2.75, 3.05) is 0 Å². The van der Waals surface area contributed by atoms with Crippen LogP contribution in [0.4, 0.5) is 0 Å². The molecule has 4 N–H and O–H groups in total. The molecule has 0 saturated heterocycles. The van der Waals surface area contributed by atoms with Gasteiger partial charge in [0.2, 0.25) is 0 Å². The van der Waals surface area contributed by atoms with Crippen LogP contribution < -0.4 is 5.73 Å². The first-order valence-corrected chi connectivity index (χ1v) is 4.42. The van der Waals surface area contributed by atoms with E-state index in [9.17, 15) is 9.90 Å². The van der Waals surface area contributed by atoms with Crippen molar-refractivity contribution in [1.29, 1.82) is 0 Å². The maximum Gasteiger partial charge on any atom is 0.328 e. The zero-order chi connectivity index (χ0) is 11.5. The van der Waals surface area contributed by atoms with Gasteiger partial charge in [0.25, 0.3) is 0 Å². The molecular weight excluding hydrogens is 230 g/mol. The average molecular weight is 244 g/mol. The van der Waals surface area contributed by atoms with Crippen molar-refractivity contribution in [3.63, 3.8) is 0 Å². The molecule has 1 atom stereocenters. The Bertz CT molecular complexity index is 395. The Morgan fingerprint density at radius 3 is 2.62 bits per heavy atom. The van der Waals surface area contributed by atoms with Gasteiger partial charge in [-0.3, -0.25) is 0 Å². The summed E-state index contributed by atoms with van der Waals surface area (Å²) in [5.74, 6) is -1.05. The standard InChI is InChI=1S/C11H13NO3.ClH/c1-2-11(12,10(14)15)7-8-4-3-5-9(13)6-8;/h2-6,13H,1,7,12H2,(H,14,15);1H. The fraction of sp³-hybridized carbons (Fsp3) is 0.182. The molecule has 1 aromatic rings. The van der Waals surface area contributed by atoms with Crippen LogP contribution in [0.1, 0.15) is 5.56 Å². The van der Waals surface area contributed by atoms with Crippen LogP contribution in [0.3, 0.4) is 0 Å². The Kier molecular flexibility index (Phi) is 5.01. The molecular formula is C11H14ClNO3. The summed E-state index contributed by atoms with van der Waals surface area (Å²) in [6.07, 6.45) is 1.29. The van der Waals surface area contributed by atoms with Crippen LogP contribution in [0, 0.1) is 0 Å². The van der Waals surface area contributed by atoms with E-state index in [1.807, 2.05) is 0 Å². The second kappa shape index (κ2) is 5.53. The molecule has 0 aromatic heterocycles. The van der Waals surface area contributed by atoms with Gasteiger partial charge >= 0.3 is 5.97 Å². The molecule has 1 unspecified atom stereocenters. The SMILES string of the molecule is C=CC(N)(Cc1cccc(O)c1)C(=O)O.Cl. The minimum absolute atomic E-state index is 0. The van der Waals surface area contributed by atoms with E-state index in [0.717, 1.165) is 0 Å². The van der Waals surface area contributed by atoms with Gasteiger partial charge in [-0.25, -0.2) is 4.79 Å². The molecule has 5 heteroatoms. The van der Waals surface area contributed by atoms with Gasteiger partial charge in [0.15, 0.2) is 0 Å². The number of carboxylic acids is 1. The highest BCUT2D eigenvalue weighted by molar-refractivity contribution is 5.85. The fourth-order valence-electron chi connectivity index (χ4n) is 1.24. The van der Waals surface area contributed by atoms with Crippen LogP contribution in [-0.4, -0.2) is 21.7 Å². The molecule has 0 bridgehead atoms. The molecule has 4 nitrogen and oxygen atoms in total. The maximum atomic E-state index is 10.9. The number of carbonyl (C=O) groups is 1. The molecule has 88 valence electrons. The number of nitrogens with two attached hydrogens (primary N) is 1. The summed E-state index contributed by atoms with van der Waals surface area (Å²) in [6.45, 7) is 3.40. The molecule has 1 aromatic carbocycles. The smallest absolute Gasteiger partial charge is 0.328 e. The molecule has 0 saturated carbocycles. The Balaban J connectivity index is 0.00000225. The summed E-state index contributed by atoms with van der Waals surface area (Å²) in [7, 11) is 0. The van der Waals surface area contributed by atoms with Gasteiger partial charge in [-0.1, -0.05) is 18.2 Å². The summed E-state index contributed by atoms with van der Waals surface area (Å²) < 4.78 is 0. The molecule has 0 fully saturated rings. The number of aliphatic carboxylic acids is 1. The van der Waals surface area contributed by atoms with Crippen LogP contribution in [0.5, 0.6) is 5.75 Å². The number of hydrogen-bond donors (Lipinski definition) is 3. The molecule has 0 radical (unpaired) electrons. The van der Waals surface area contributed by atoms with Crippen molar-refractivity contribution >= 4 is 18.4 Å². The van der Waals surface area contributed by atoms with Gasteiger partial charge < -0.3 is 15.9 Å². The van der Waals surface area contributed by atoms with E-state index in [2.05, 4.69) is 6.58 Å². The molecule has 0 aliphatic carbocycles. The zero-order valence-corrected chi connectivity index (χ0v) is 9.41. The summed E-state index contributed by atoms with van der Waals surface area (Å²) in [5.41, 5.74) is 4.78. The number of halogens is 1. The number of hydrogen-bond acceptors (Lipinski definition) is 3. The van der Waals surface area contributed by atoms with Crippen molar-refractivity contribution in [3.05, 3.63) is 42.5 Å². The number of benzene rings is 1. The second-order valence-corrected chi connectivity index (χ2v) is 3.40. The van der Waals surface area contributed by atoms with Crippen molar-refractivity contribution in [2.24, 2.45) is 5.73 Å². The van der Waals surface area contributed by atoms with Crippen molar-refractivity contribution in [2.45, 2.75) is 12.0 Å². The molecule has 16 heavy (non-hydrogen) atoms. The Hall–Kier alpha value is -1.52. The molecule has 0 aliphatic rings. The summed E-state index contributed by atoms with van der Waals surface area (Å²) in [5, 5.41) is 18.1. The minimum Gasteiger partial charge on any atom is -0.508 e. The lowest BCUT2D eigenvalue weighted by Crippen LogP contribution is -2.47. The van der Waals surface area contributed by atoms with Crippen LogP contribution >= 0.6 is 12.4 Å². The summed E-state index contributed by atoms with van der Waals surface area (Å²) in [6, 6.07) is 6.33. The van der Waals surface area contributed by atoms with E-state index in [1.165, 1.54) is 18.2 Å². The molecule has 0 amide bonds. The third-order valence-corrected chi connectivity index (χ3v) is 2.17. The quantitative estimate of drug-likeness (QED) is 0.697. The van der Waals surface area contributed by atoms with Crippen molar-refractivity contribution in [1.82, 2.24) is 0 Å². The molecule has 0 spiro atoms. The van der Waals surface area contributed by atoms with E-state index >= 15 is 0 Å². The van der Waals surface area contributed by atoms with E-state index < -0.39 is 11.5 Å². The lowest BCUT2D eigenvalue weighted by Gasteiger charge is -2.20. The predicted octanol–water partition coefficient (Wildman–Crippen LogP) is 1.32. The highest BCUT2D eigenvalue weighted by Gasteiger charge is 2.30. The topological polar surface area (TPSA) is 83.5 Å². The van der Waals surface area contributed by atoms with E-state index in [4.69, 9.17) is 10.8 Å². The Morgan fingerprint density at radius 2 is 2.19 bits per heavy atom. The predicted molar refractivity (Wildman–Crippen MR) is 63.8 cm³/mol. The lowest BCUT2D eigenvalue weighted by molar-refractivity contribution is -0.141. The third-order valence-electron chi connectivity index (χ3n) is 2.17. The second-order valence-electron chi connectivity index (χ2n) is 3.40. The van der Waals surface area contributed by atoms with Gasteiger partial charge in [0.1, 0.15) is 11.3 Å². The van der Waals surface area contributed by atoms with Gasteiger partial charge in [0, 0.05) is 6.42 Å². The van der Waals surface area contributed by atoms with Crippen LogP contribution in [0.15, 0.2) is 36.9 Å². The zero-order valence-electron chi connectivity index (χ0n) is 8.59. The van der Waals surface area contributed by atoms with Crippen LogP contribution in [0.25, 0.3) is 0 Å². The summed E-state index contributed by atoms with van der Waals surface area (Å²) >= 11 is 0. The van der Waals surface area contributed by atoms with Gasteiger partial charge in [-0.15, -0.1) is 19.0 Å². The van der Waals surface area contributed by atoms with E-state index in [1.54, 1.807) is 12.1 Å². The monoisotopic (exact) mass is 243 g/mol. The molecule has 0 heterocycles. The first-order chi connectivity index (χ1) is 6.98. The molecule has 1 rings (SSSR count). The maximum absolute atomic E-state index is 10.9. The van der Waals surface area contributed by atoms with E-state index in [-0.39, 0.29) is 24.6 Å². The average Bonchev–Trinajstić information content (AvgIpc) is 2.17. The number of phenolic OH excluding ortho intramolecular Hbond substituents is 1. The minimum atomic E-state index is -1.49. The first kappa shape index (κ1) is 14.5. The largest absolute Gasteiger partial charge is 0.508 e. The van der Waals surface area contributed by atoms with Crippen LogP contribution in [0.2, 0.25) is 0 Å². The lowest BCUT2D eigenvalue weighted by atomic mass is 9.92. The van der Waals surface area contributed by atoms with Crippen LogP contribution in [-0.2, 0) is 11.2 Å². The Morgan fingerprint density at radius 1 is 1.56 bits per heavy atom. The van der Waals surface area contributed by atoms with E-state index in [0.29, 0.717) is 5.56 Å². The van der Waals surface area contributed by atoms with Gasteiger partial charge in [0.05, 0.1) is 0 Å². The molecule has 0 aliphatic heterocycles. The Labute approximate surface area is 99.8 Å². The van der Waals surface area contributed by atoms with Gasteiger partial charge in [-0.05, 0) is 17.7 Å². The highest BCUT2D eigenvalue weighted by atomic mass is 35.5. The number of rotatable bonds is 4. The van der Waals surface area contributed by atoms with Gasteiger partial charge in [-0.2, -0.15) is 0 Å². The normalized spacial score (nSPS) is 13.3. The third kappa shape index (κ3) is 3.25. The van der Waals surface area contributed by atoms with Crippen molar-refractivity contribution < 1.29 is 15.0 Å². The summed E-state index contributed by atoms with van der Waals surface area (Å²) in [4.78, 5) is 10.9.